The van der Waals surface area contributed by atoms with E-state index < -0.39 is 15.4 Å². The van der Waals surface area contributed by atoms with E-state index in [0.29, 0.717) is 45.9 Å². The number of aromatic nitrogens is 15. The fourth-order valence-corrected chi connectivity index (χ4v) is 11.3. The summed E-state index contributed by atoms with van der Waals surface area (Å²) >= 11 is 6.39. The molecular formula is C70H97ClN16O6S. The molecule has 0 aliphatic heterocycles. The molecule has 0 saturated heterocycles. The third kappa shape index (κ3) is 27.5. The number of aliphatic hydroxyl groups is 4. The van der Waals surface area contributed by atoms with Gasteiger partial charge in [-0.05, 0) is 240 Å². The van der Waals surface area contributed by atoms with Crippen molar-refractivity contribution in [1.29, 1.82) is 0 Å². The summed E-state index contributed by atoms with van der Waals surface area (Å²) in [6.07, 6.45) is 43.7. The van der Waals surface area contributed by atoms with Crippen molar-refractivity contribution in [3.8, 4) is 94.9 Å². The molecule has 6 heterocycles. The molecule has 6 aromatic heterocycles. The predicted molar refractivity (Wildman–Crippen MR) is 366 cm³/mol. The van der Waals surface area contributed by atoms with Gasteiger partial charge in [-0.25, -0.2) is 38.3 Å². The predicted octanol–water partition coefficient (Wildman–Crippen LogP) is 8.48. The van der Waals surface area contributed by atoms with Crippen molar-refractivity contribution in [3.63, 3.8) is 0 Å². The van der Waals surface area contributed by atoms with E-state index in [1.807, 2.05) is 42.8 Å². The largest absolute Gasteiger partial charge is 0.393 e. The second-order valence-corrected chi connectivity index (χ2v) is 28.2. The number of aliphatic hydroxyl groups excluding tert-OH is 3. The molecule has 24 heteroatoms. The van der Waals surface area contributed by atoms with Crippen LogP contribution in [0.2, 0.25) is 5.02 Å². The van der Waals surface area contributed by atoms with Crippen LogP contribution >= 0.6 is 11.6 Å². The Morgan fingerprint density at radius 2 is 0.894 bits per heavy atom. The SMILES string of the molecule is C.C#CC#CC.C#CC#CC#C.CC(C)(C)O.Cn1nnc(-c2ccnc(CC3CCC(O)CC3)n2)c1CC1CC1.Cn1nnc(-c2ccnc(S(C)(=O)=O)n2)c1CC1CC1.Cn1nnc(-c2nc(CC3CCC(O)CC3)ncc2Cl)c1CC1CC1.NC1CCC(O)CC1. The lowest BCUT2D eigenvalue weighted by Crippen LogP contribution is -2.28. The molecule has 12 rings (SSSR count). The molecule has 0 radical (unpaired) electrons. The van der Waals surface area contributed by atoms with Gasteiger partial charge in [0.25, 0.3) is 0 Å². The van der Waals surface area contributed by atoms with Gasteiger partial charge in [0.1, 0.15) is 34.4 Å². The van der Waals surface area contributed by atoms with Gasteiger partial charge in [-0.2, -0.15) is 0 Å². The van der Waals surface area contributed by atoms with Crippen LogP contribution in [0, 0.1) is 90.3 Å². The van der Waals surface area contributed by atoms with Gasteiger partial charge in [0.15, 0.2) is 0 Å². The molecule has 6 aliphatic rings. The molecular weight excluding hydrogens is 1230 g/mol. The van der Waals surface area contributed by atoms with Crippen LogP contribution < -0.4 is 5.73 Å². The van der Waals surface area contributed by atoms with Gasteiger partial charge in [0.05, 0.1) is 57.4 Å². The average molecular weight is 1330 g/mol. The summed E-state index contributed by atoms with van der Waals surface area (Å²) in [6.45, 7) is 6.94. The topological polar surface area (TPSA) is 311 Å². The molecule has 0 aromatic carbocycles. The van der Waals surface area contributed by atoms with E-state index in [1.165, 1.54) is 50.4 Å². The van der Waals surface area contributed by atoms with E-state index >= 15 is 0 Å². The molecule has 0 unspecified atom stereocenters. The highest BCUT2D eigenvalue weighted by Gasteiger charge is 2.30. The molecule has 6 saturated carbocycles. The first-order valence-electron chi connectivity index (χ1n) is 32.2. The molecule has 0 spiro atoms. The maximum absolute atomic E-state index is 11.5. The number of nitrogens with two attached hydrogens (primary N) is 1. The highest BCUT2D eigenvalue weighted by atomic mass is 35.5. The third-order valence-electron chi connectivity index (χ3n) is 16.3. The minimum Gasteiger partial charge on any atom is -0.393 e. The lowest BCUT2D eigenvalue weighted by atomic mass is 9.85. The first-order valence-corrected chi connectivity index (χ1v) is 34.5. The zero-order valence-corrected chi connectivity index (χ0v) is 56.8. The molecule has 6 fully saturated rings. The van der Waals surface area contributed by atoms with E-state index in [2.05, 4.69) is 92.3 Å². The van der Waals surface area contributed by atoms with Gasteiger partial charge in [-0.3, -0.25) is 14.0 Å². The van der Waals surface area contributed by atoms with Gasteiger partial charge >= 0.3 is 0 Å². The molecule has 0 atom stereocenters. The lowest BCUT2D eigenvalue weighted by Gasteiger charge is -2.24. The Labute approximate surface area is 562 Å². The van der Waals surface area contributed by atoms with E-state index in [-0.39, 0.29) is 30.9 Å². The fraction of sp³-hybridized carbons (Fsp3) is 0.600. The second-order valence-electron chi connectivity index (χ2n) is 25.9. The van der Waals surface area contributed by atoms with Crippen LogP contribution in [-0.2, 0) is 63.1 Å². The maximum Gasteiger partial charge on any atom is 0.247 e. The van der Waals surface area contributed by atoms with Gasteiger partial charge in [0.2, 0.25) is 15.0 Å². The van der Waals surface area contributed by atoms with Crippen molar-refractivity contribution in [1.82, 2.24) is 74.9 Å². The molecule has 22 nitrogen and oxygen atoms in total. The second kappa shape index (κ2) is 38.2. The standard InChI is InChI=1S/C18H24ClN5O.C18H25N5O.C12H15N5O2S.C6H13NO.C6H2.C5H4.C4H10O.CH4/c1-24-15(8-11-2-3-11)18(22-23-24)17-14(19)10-20-16(21-17)9-12-4-6-13(25)7-5-12;1-23-16(10-12-2-3-12)18(21-22-23)15-8-9-19-17(20-15)11-13-4-6-14(24)7-5-13;1-17-10(7-8-3-4-8)11(15-16-17)9-5-6-13-12(14-9)20(2,18)19;7-5-1-3-6(8)4-2-5;1-3-5-6-4-2;1-3-5-4-2;1-4(2,3)5;/h10-13,25H,2-9H2,1H3;8-9,12-14,24H,2-7,10-11H2,1H3;5-6,8H,3-4,7H2,1-2H3;5-6,8H,1-4,7H2;1-2H;1H,2H3;5H,1-3H3;1H4. The first-order chi connectivity index (χ1) is 44.3. The zero-order chi connectivity index (χ0) is 67.7. The third-order valence-corrected chi connectivity index (χ3v) is 17.4. The number of aryl methyl sites for hydroxylation is 3. The Kier molecular flexibility index (Phi) is 31.3. The summed E-state index contributed by atoms with van der Waals surface area (Å²) in [4.78, 5) is 26.3. The Bertz CT molecular complexity index is 3670. The molecule has 0 amide bonds. The van der Waals surface area contributed by atoms with Gasteiger partial charge in [-0.15, -0.1) is 34.6 Å². The van der Waals surface area contributed by atoms with Crippen LogP contribution in [0.3, 0.4) is 0 Å². The summed E-state index contributed by atoms with van der Waals surface area (Å²) < 4.78 is 28.5. The number of hydrogen-bond acceptors (Lipinski definition) is 19. The molecule has 94 heavy (non-hydrogen) atoms. The van der Waals surface area contributed by atoms with Crippen molar-refractivity contribution >= 4 is 21.4 Å². The van der Waals surface area contributed by atoms with E-state index in [9.17, 15) is 18.6 Å². The average Bonchev–Trinajstić information content (AvgIpc) is 1.65. The zero-order valence-electron chi connectivity index (χ0n) is 55.3. The quantitative estimate of drug-likeness (QED) is 0.0504. The Morgan fingerprint density at radius 3 is 1.27 bits per heavy atom. The first kappa shape index (κ1) is 77.2. The number of hydrogen-bond donors (Lipinski definition) is 5. The van der Waals surface area contributed by atoms with Crippen LogP contribution in [0.25, 0.3) is 34.2 Å². The molecule has 506 valence electrons. The smallest absolute Gasteiger partial charge is 0.247 e. The minimum absolute atomic E-state index is 0. The molecule has 6 N–H and O–H groups in total. The summed E-state index contributed by atoms with van der Waals surface area (Å²) in [5.41, 5.74) is 12.8. The van der Waals surface area contributed by atoms with E-state index in [0.717, 1.165) is 167 Å². The number of sulfone groups is 1. The van der Waals surface area contributed by atoms with Crippen LogP contribution in [0.5, 0.6) is 0 Å². The van der Waals surface area contributed by atoms with Crippen LogP contribution in [0.15, 0.2) is 35.9 Å². The van der Waals surface area contributed by atoms with Crippen LogP contribution in [0.1, 0.15) is 179 Å². The Hall–Kier alpha value is -7.50. The number of halogens is 1. The van der Waals surface area contributed by atoms with Crippen molar-refractivity contribution in [2.24, 2.45) is 56.5 Å². The molecule has 0 bridgehead atoms. The van der Waals surface area contributed by atoms with E-state index in [4.69, 9.17) is 56.8 Å². The van der Waals surface area contributed by atoms with Crippen molar-refractivity contribution in [2.45, 2.75) is 218 Å². The normalized spacial score (nSPS) is 20.2. The molecule has 6 aliphatic carbocycles. The highest BCUT2D eigenvalue weighted by Crippen LogP contribution is 2.38. The van der Waals surface area contributed by atoms with E-state index in [1.54, 1.807) is 44.6 Å². The Morgan fingerprint density at radius 1 is 0.543 bits per heavy atom. The summed E-state index contributed by atoms with van der Waals surface area (Å²) in [5.74, 6) is 20.7. The van der Waals surface area contributed by atoms with Gasteiger partial charge < -0.3 is 26.2 Å². The fourth-order valence-electron chi connectivity index (χ4n) is 10.6. The monoisotopic (exact) mass is 1320 g/mol. The highest BCUT2D eigenvalue weighted by molar-refractivity contribution is 7.90. The minimum atomic E-state index is -3.43. The number of rotatable bonds is 14. The number of nitrogens with zero attached hydrogens (tertiary/aromatic N) is 15. The number of terminal acetylenes is 3. The van der Waals surface area contributed by atoms with Gasteiger partial charge in [0, 0.05) is 64.9 Å². The summed E-state index contributed by atoms with van der Waals surface area (Å²) in [5, 5.41) is 62.4. The summed E-state index contributed by atoms with van der Waals surface area (Å²) in [6, 6.07) is 3.96. The van der Waals surface area contributed by atoms with Gasteiger partial charge in [-0.1, -0.05) is 40.6 Å². The maximum atomic E-state index is 11.5. The van der Waals surface area contributed by atoms with Crippen molar-refractivity contribution < 1.29 is 28.8 Å². The van der Waals surface area contributed by atoms with Crippen LogP contribution in [0.4, 0.5) is 0 Å². The Balaban J connectivity index is 0.000000217. The van der Waals surface area contributed by atoms with Crippen molar-refractivity contribution in [2.75, 3.05) is 6.26 Å². The lowest BCUT2D eigenvalue weighted by molar-refractivity contribution is 0.102. The van der Waals surface area contributed by atoms with Crippen LogP contribution in [-0.4, -0.2) is 140 Å². The summed E-state index contributed by atoms with van der Waals surface area (Å²) in [7, 11) is 2.30. The molecule has 6 aromatic rings. The van der Waals surface area contributed by atoms with Crippen molar-refractivity contribution in [3.05, 3.63) is 64.5 Å².